The van der Waals surface area contributed by atoms with Crippen LogP contribution in [0.3, 0.4) is 0 Å². The highest BCUT2D eigenvalue weighted by Crippen LogP contribution is 2.33. The number of rotatable bonds is 8. The van der Waals surface area contributed by atoms with Gasteiger partial charge in [0.25, 0.3) is 5.91 Å². The maximum atomic E-state index is 13.8. The molecule has 0 saturated carbocycles. The summed E-state index contributed by atoms with van der Waals surface area (Å²) in [5.41, 5.74) is 4.86. The van der Waals surface area contributed by atoms with E-state index in [0.717, 1.165) is 51.4 Å². The number of aromatic nitrogens is 2. The molecule has 0 saturated heterocycles. The lowest BCUT2D eigenvalue weighted by Crippen LogP contribution is -2.31. The van der Waals surface area contributed by atoms with E-state index in [9.17, 15) is 10.1 Å². The lowest BCUT2D eigenvalue weighted by atomic mass is 10.1. The van der Waals surface area contributed by atoms with Crippen molar-refractivity contribution >= 4 is 38.7 Å². The molecule has 0 aliphatic rings. The topological polar surface area (TPSA) is 71.2 Å². The minimum Gasteiger partial charge on any atom is -0.497 e. The molecule has 0 N–H and O–H groups in total. The van der Waals surface area contributed by atoms with Gasteiger partial charge in [0, 0.05) is 17.9 Å². The van der Waals surface area contributed by atoms with E-state index in [0.29, 0.717) is 11.7 Å². The smallest absolute Gasteiger partial charge is 0.271 e. The number of hydrogen-bond acceptors (Lipinski definition) is 5. The number of ether oxygens (including phenoxy) is 1. The van der Waals surface area contributed by atoms with Crippen molar-refractivity contribution < 1.29 is 9.53 Å². The molecular weight excluding hydrogens is 456 g/mol. The molecule has 2 heterocycles. The zero-order chi connectivity index (χ0) is 24.9. The molecule has 1 amide bonds. The second kappa shape index (κ2) is 10.6. The first-order chi connectivity index (χ1) is 16.9. The van der Waals surface area contributed by atoms with Gasteiger partial charge in [-0.3, -0.25) is 9.69 Å². The van der Waals surface area contributed by atoms with Crippen molar-refractivity contribution in [3.8, 4) is 11.8 Å². The van der Waals surface area contributed by atoms with Crippen LogP contribution >= 0.6 is 11.3 Å². The standard InChI is InChI=1S/C28H28N4O2S/c1-5-13-31-19(2)14-22(20(31)3)15-23(17-29)27(33)32(18-21-9-7-6-8-10-21)28-30-25-12-11-24(34-4)16-26(25)35-28/h6-12,14-16H,5,13,18H2,1-4H3/b23-15+. The number of nitriles is 1. The molecule has 0 radical (unpaired) electrons. The fourth-order valence-corrected chi connectivity index (χ4v) is 5.10. The van der Waals surface area contributed by atoms with Gasteiger partial charge in [0.05, 0.1) is 23.9 Å². The summed E-state index contributed by atoms with van der Waals surface area (Å²) in [7, 11) is 1.62. The number of hydrogen-bond donors (Lipinski definition) is 0. The number of anilines is 1. The van der Waals surface area contributed by atoms with Gasteiger partial charge in [-0.15, -0.1) is 0 Å². The largest absolute Gasteiger partial charge is 0.497 e. The lowest BCUT2D eigenvalue weighted by Gasteiger charge is -2.19. The average molecular weight is 485 g/mol. The molecule has 35 heavy (non-hydrogen) atoms. The molecule has 0 unspecified atom stereocenters. The summed E-state index contributed by atoms with van der Waals surface area (Å²) in [6.45, 7) is 7.41. The van der Waals surface area contributed by atoms with Crippen LogP contribution in [0.15, 0.2) is 60.2 Å². The Morgan fingerprint density at radius 1 is 1.20 bits per heavy atom. The van der Waals surface area contributed by atoms with Crippen molar-refractivity contribution in [3.63, 3.8) is 0 Å². The molecule has 0 bridgehead atoms. The molecule has 0 spiro atoms. The lowest BCUT2D eigenvalue weighted by molar-refractivity contribution is -0.114. The zero-order valence-electron chi connectivity index (χ0n) is 20.4. The Balaban J connectivity index is 1.76. The maximum Gasteiger partial charge on any atom is 0.271 e. The monoisotopic (exact) mass is 484 g/mol. The molecule has 0 atom stereocenters. The number of nitrogens with zero attached hydrogens (tertiary/aromatic N) is 4. The predicted octanol–water partition coefficient (Wildman–Crippen LogP) is 6.27. The van der Waals surface area contributed by atoms with Crippen molar-refractivity contribution in [1.82, 2.24) is 9.55 Å². The first-order valence-electron chi connectivity index (χ1n) is 11.5. The van der Waals surface area contributed by atoms with Gasteiger partial charge in [-0.05, 0) is 61.7 Å². The van der Waals surface area contributed by atoms with E-state index >= 15 is 0 Å². The van der Waals surface area contributed by atoms with Crippen molar-refractivity contribution in [3.05, 3.63) is 82.7 Å². The van der Waals surface area contributed by atoms with Crippen LogP contribution in [-0.2, 0) is 17.9 Å². The van der Waals surface area contributed by atoms with Crippen LogP contribution in [0.1, 0.15) is 35.9 Å². The van der Waals surface area contributed by atoms with Gasteiger partial charge >= 0.3 is 0 Å². The van der Waals surface area contributed by atoms with Crippen molar-refractivity contribution in [2.45, 2.75) is 40.3 Å². The second-order valence-corrected chi connectivity index (χ2v) is 9.36. The highest BCUT2D eigenvalue weighted by atomic mass is 32.1. The molecule has 0 fully saturated rings. The van der Waals surface area contributed by atoms with E-state index in [4.69, 9.17) is 9.72 Å². The summed E-state index contributed by atoms with van der Waals surface area (Å²) in [4.78, 5) is 20.1. The van der Waals surface area contributed by atoms with Crippen molar-refractivity contribution in [2.75, 3.05) is 12.0 Å². The number of fused-ring (bicyclic) bond motifs is 1. The normalized spacial score (nSPS) is 11.5. The summed E-state index contributed by atoms with van der Waals surface area (Å²) in [6, 6.07) is 19.5. The van der Waals surface area contributed by atoms with Crippen LogP contribution in [-0.4, -0.2) is 22.6 Å². The molecule has 2 aromatic heterocycles. The van der Waals surface area contributed by atoms with Gasteiger partial charge in [0.1, 0.15) is 17.4 Å². The number of benzene rings is 2. The van der Waals surface area contributed by atoms with Crippen LogP contribution in [0.5, 0.6) is 5.75 Å². The van der Waals surface area contributed by atoms with Gasteiger partial charge in [-0.2, -0.15) is 5.26 Å². The average Bonchev–Trinajstić information content (AvgIpc) is 3.41. The van der Waals surface area contributed by atoms with E-state index in [1.165, 1.54) is 11.3 Å². The van der Waals surface area contributed by atoms with Crippen LogP contribution in [0.4, 0.5) is 5.13 Å². The Hall–Kier alpha value is -3.89. The third-order valence-electron chi connectivity index (χ3n) is 5.95. The van der Waals surface area contributed by atoms with Gasteiger partial charge < -0.3 is 9.30 Å². The molecule has 178 valence electrons. The molecule has 2 aromatic carbocycles. The minimum absolute atomic E-state index is 0.0783. The Labute approximate surface area is 209 Å². The van der Waals surface area contributed by atoms with Crippen molar-refractivity contribution in [2.24, 2.45) is 0 Å². The highest BCUT2D eigenvalue weighted by Gasteiger charge is 2.24. The van der Waals surface area contributed by atoms with E-state index in [1.54, 1.807) is 18.1 Å². The van der Waals surface area contributed by atoms with E-state index in [1.807, 2.05) is 68.4 Å². The fourth-order valence-electron chi connectivity index (χ4n) is 4.11. The van der Waals surface area contributed by atoms with Crippen molar-refractivity contribution in [1.29, 1.82) is 5.26 Å². The molecule has 0 aliphatic heterocycles. The molecule has 4 aromatic rings. The SMILES string of the molecule is CCCn1c(C)cc(/C=C(\C#N)C(=O)N(Cc2ccccc2)c2nc3ccc(OC)cc3s2)c1C. The van der Waals surface area contributed by atoms with Crippen LogP contribution in [0.25, 0.3) is 16.3 Å². The van der Waals surface area contributed by atoms with E-state index in [2.05, 4.69) is 17.6 Å². The van der Waals surface area contributed by atoms with Crippen LogP contribution in [0.2, 0.25) is 0 Å². The Kier molecular flexibility index (Phi) is 7.33. The summed E-state index contributed by atoms with van der Waals surface area (Å²) in [5.74, 6) is 0.358. The molecule has 7 heteroatoms. The first-order valence-corrected chi connectivity index (χ1v) is 12.4. The summed E-state index contributed by atoms with van der Waals surface area (Å²) in [6.07, 6.45) is 2.71. The Morgan fingerprint density at radius 3 is 2.66 bits per heavy atom. The molecular formula is C28H28N4O2S. The Morgan fingerprint density at radius 2 is 1.97 bits per heavy atom. The first kappa shape index (κ1) is 24.2. The second-order valence-electron chi connectivity index (χ2n) is 8.35. The van der Waals surface area contributed by atoms with Gasteiger partial charge in [0.15, 0.2) is 5.13 Å². The predicted molar refractivity (Wildman–Crippen MR) is 142 cm³/mol. The molecule has 4 rings (SSSR count). The third kappa shape index (κ3) is 5.13. The number of methoxy groups -OCH3 is 1. The summed E-state index contributed by atoms with van der Waals surface area (Å²) >= 11 is 1.41. The van der Waals surface area contributed by atoms with Crippen LogP contribution in [0, 0.1) is 25.2 Å². The van der Waals surface area contributed by atoms with Gasteiger partial charge in [-0.25, -0.2) is 4.98 Å². The zero-order valence-corrected chi connectivity index (χ0v) is 21.2. The fraction of sp³-hybridized carbons (Fsp3) is 0.250. The van der Waals surface area contributed by atoms with E-state index < -0.39 is 0 Å². The number of carbonyl (C=O) groups excluding carboxylic acids is 1. The van der Waals surface area contributed by atoms with Crippen LogP contribution < -0.4 is 9.64 Å². The highest BCUT2D eigenvalue weighted by molar-refractivity contribution is 7.22. The molecule has 6 nitrogen and oxygen atoms in total. The summed E-state index contributed by atoms with van der Waals surface area (Å²) < 4.78 is 8.47. The number of carbonyl (C=O) groups is 1. The maximum absolute atomic E-state index is 13.8. The number of thiazole rings is 1. The van der Waals surface area contributed by atoms with E-state index in [-0.39, 0.29) is 11.5 Å². The number of aryl methyl sites for hydroxylation is 1. The quantitative estimate of drug-likeness (QED) is 0.218. The number of amides is 1. The third-order valence-corrected chi connectivity index (χ3v) is 7.00. The summed E-state index contributed by atoms with van der Waals surface area (Å²) in [5, 5.41) is 10.5. The molecule has 0 aliphatic carbocycles. The van der Waals surface area contributed by atoms with Gasteiger partial charge in [-0.1, -0.05) is 48.6 Å². The van der Waals surface area contributed by atoms with Gasteiger partial charge in [0.2, 0.25) is 0 Å². The minimum atomic E-state index is -0.373. The Bertz CT molecular complexity index is 1430.